The lowest BCUT2D eigenvalue weighted by atomic mass is 10.3. The molecule has 1 saturated carbocycles. The van der Waals surface area contributed by atoms with Crippen LogP contribution in [0.4, 0.5) is 5.69 Å². The predicted octanol–water partition coefficient (Wildman–Crippen LogP) is 4.47. The summed E-state index contributed by atoms with van der Waals surface area (Å²) in [6, 6.07) is 11.9. The minimum Gasteiger partial charge on any atom is -0.495 e. The summed E-state index contributed by atoms with van der Waals surface area (Å²) in [4.78, 5) is 13.8. The van der Waals surface area contributed by atoms with Gasteiger partial charge in [-0.15, -0.1) is 21.5 Å². The van der Waals surface area contributed by atoms with Gasteiger partial charge in [0.1, 0.15) is 5.75 Å². The van der Waals surface area contributed by atoms with Gasteiger partial charge in [-0.3, -0.25) is 9.36 Å². The third kappa shape index (κ3) is 3.86. The van der Waals surface area contributed by atoms with Crippen LogP contribution < -0.4 is 10.1 Å². The molecule has 1 aliphatic rings. The first kappa shape index (κ1) is 18.1. The Morgan fingerprint density at radius 3 is 2.81 bits per heavy atom. The molecule has 140 valence electrons. The predicted molar refractivity (Wildman–Crippen MR) is 109 cm³/mol. The van der Waals surface area contributed by atoms with E-state index in [4.69, 9.17) is 4.74 Å². The van der Waals surface area contributed by atoms with E-state index in [1.807, 2.05) is 42.6 Å². The number of carbonyl (C=O) groups excluding carboxylic acids is 1. The van der Waals surface area contributed by atoms with Crippen LogP contribution in [0.3, 0.4) is 0 Å². The second kappa shape index (κ2) is 7.74. The number of benzene rings is 1. The van der Waals surface area contributed by atoms with Crippen LogP contribution in [0.1, 0.15) is 25.8 Å². The Morgan fingerprint density at radius 1 is 1.30 bits per heavy atom. The average molecular weight is 401 g/mol. The average Bonchev–Trinajstić information content (AvgIpc) is 3.20. The smallest absolute Gasteiger partial charge is 0.237 e. The van der Waals surface area contributed by atoms with Crippen LogP contribution >= 0.6 is 23.1 Å². The Bertz CT molecular complexity index is 935. The van der Waals surface area contributed by atoms with E-state index < -0.39 is 0 Å². The molecule has 2 heterocycles. The fourth-order valence-corrected chi connectivity index (χ4v) is 4.41. The first-order valence-corrected chi connectivity index (χ1v) is 10.5. The molecule has 3 aromatic rings. The van der Waals surface area contributed by atoms with E-state index in [-0.39, 0.29) is 11.2 Å². The summed E-state index contributed by atoms with van der Waals surface area (Å²) in [5.74, 6) is 1.45. The van der Waals surface area contributed by atoms with Crippen LogP contribution in [0.2, 0.25) is 0 Å². The molecule has 4 rings (SSSR count). The van der Waals surface area contributed by atoms with Gasteiger partial charge in [0.2, 0.25) is 5.91 Å². The van der Waals surface area contributed by atoms with Crippen molar-refractivity contribution in [3.63, 3.8) is 0 Å². The van der Waals surface area contributed by atoms with Crippen molar-refractivity contribution in [3.05, 3.63) is 41.8 Å². The Labute approximate surface area is 166 Å². The van der Waals surface area contributed by atoms with Gasteiger partial charge >= 0.3 is 0 Å². The number of methoxy groups -OCH3 is 1. The van der Waals surface area contributed by atoms with Crippen molar-refractivity contribution in [2.75, 3.05) is 12.4 Å². The number of aromatic nitrogens is 3. The summed E-state index contributed by atoms with van der Waals surface area (Å²) in [6.45, 7) is 1.88. The van der Waals surface area contributed by atoms with E-state index in [0.29, 0.717) is 17.5 Å². The number of nitrogens with one attached hydrogen (secondary N) is 1. The third-order valence-electron chi connectivity index (χ3n) is 4.33. The summed E-state index contributed by atoms with van der Waals surface area (Å²) in [5.41, 5.74) is 0.667. The number of para-hydroxylation sites is 2. The fraction of sp³-hybridized carbons (Fsp3) is 0.316. The molecule has 1 amide bonds. The summed E-state index contributed by atoms with van der Waals surface area (Å²) >= 11 is 3.09. The molecule has 8 heteroatoms. The maximum absolute atomic E-state index is 12.7. The second-order valence-electron chi connectivity index (χ2n) is 6.33. The molecule has 1 aliphatic carbocycles. The van der Waals surface area contributed by atoms with Gasteiger partial charge in [-0.25, -0.2) is 0 Å². The van der Waals surface area contributed by atoms with Gasteiger partial charge in [0.15, 0.2) is 11.0 Å². The van der Waals surface area contributed by atoms with E-state index in [0.717, 1.165) is 28.7 Å². The zero-order chi connectivity index (χ0) is 18.8. The van der Waals surface area contributed by atoms with Gasteiger partial charge in [0.05, 0.1) is 22.9 Å². The SMILES string of the molecule is COc1ccccc1NC(=O)[C@@H](C)Sc1nnc(-c2cccs2)n1C1CC1. The summed E-state index contributed by atoms with van der Waals surface area (Å²) in [5, 5.41) is 14.2. The molecule has 0 unspecified atom stereocenters. The Morgan fingerprint density at radius 2 is 2.11 bits per heavy atom. The molecule has 1 atom stereocenters. The maximum atomic E-state index is 12.7. The molecule has 0 spiro atoms. The van der Waals surface area contributed by atoms with Crippen LogP contribution in [0.25, 0.3) is 10.7 Å². The van der Waals surface area contributed by atoms with Crippen LogP contribution in [0, 0.1) is 0 Å². The lowest BCUT2D eigenvalue weighted by Gasteiger charge is -2.14. The molecule has 0 saturated heterocycles. The van der Waals surface area contributed by atoms with E-state index in [1.54, 1.807) is 18.4 Å². The van der Waals surface area contributed by atoms with Gasteiger partial charge in [-0.2, -0.15) is 0 Å². The van der Waals surface area contributed by atoms with Crippen molar-refractivity contribution in [3.8, 4) is 16.5 Å². The topological polar surface area (TPSA) is 69.0 Å². The van der Waals surface area contributed by atoms with Crippen molar-refractivity contribution >= 4 is 34.7 Å². The van der Waals surface area contributed by atoms with Gasteiger partial charge in [0, 0.05) is 6.04 Å². The van der Waals surface area contributed by atoms with Crippen LogP contribution in [0.15, 0.2) is 46.9 Å². The Balaban J connectivity index is 1.51. The number of rotatable bonds is 7. The standard InChI is InChI=1S/C19H20N4O2S2/c1-12(18(24)20-14-6-3-4-7-15(14)25-2)27-19-22-21-17(16-8-5-11-26-16)23(19)13-9-10-13/h3-8,11-13H,9-10H2,1-2H3,(H,20,24)/t12-/m1/s1. The maximum Gasteiger partial charge on any atom is 0.237 e. The molecular weight excluding hydrogens is 380 g/mol. The number of amides is 1. The molecule has 0 bridgehead atoms. The molecule has 6 nitrogen and oxygen atoms in total. The highest BCUT2D eigenvalue weighted by molar-refractivity contribution is 8.00. The van der Waals surface area contributed by atoms with Gasteiger partial charge in [-0.05, 0) is 43.3 Å². The van der Waals surface area contributed by atoms with E-state index in [9.17, 15) is 4.79 Å². The number of hydrogen-bond acceptors (Lipinski definition) is 6. The number of hydrogen-bond donors (Lipinski definition) is 1. The van der Waals surface area contributed by atoms with E-state index >= 15 is 0 Å². The first-order valence-electron chi connectivity index (χ1n) is 8.76. The largest absolute Gasteiger partial charge is 0.495 e. The van der Waals surface area contributed by atoms with Crippen molar-refractivity contribution in [1.82, 2.24) is 14.8 Å². The zero-order valence-electron chi connectivity index (χ0n) is 15.1. The second-order valence-corrected chi connectivity index (χ2v) is 8.59. The third-order valence-corrected chi connectivity index (χ3v) is 6.26. The lowest BCUT2D eigenvalue weighted by molar-refractivity contribution is -0.115. The Hall–Kier alpha value is -2.32. The molecule has 1 N–H and O–H groups in total. The number of ether oxygens (including phenoxy) is 1. The quantitative estimate of drug-likeness (QED) is 0.593. The molecule has 1 fully saturated rings. The summed E-state index contributed by atoms with van der Waals surface area (Å²) < 4.78 is 7.48. The number of thiophene rings is 1. The number of carbonyl (C=O) groups is 1. The summed E-state index contributed by atoms with van der Waals surface area (Å²) in [7, 11) is 1.59. The monoisotopic (exact) mass is 400 g/mol. The highest BCUT2D eigenvalue weighted by atomic mass is 32.2. The van der Waals surface area contributed by atoms with Crippen molar-refractivity contribution < 1.29 is 9.53 Å². The highest BCUT2D eigenvalue weighted by Crippen LogP contribution is 2.42. The number of thioether (sulfide) groups is 1. The molecular formula is C19H20N4O2S2. The summed E-state index contributed by atoms with van der Waals surface area (Å²) in [6.07, 6.45) is 2.26. The van der Waals surface area contributed by atoms with Gasteiger partial charge < -0.3 is 10.1 Å². The van der Waals surface area contributed by atoms with Crippen LogP contribution in [-0.4, -0.2) is 33.0 Å². The molecule has 0 radical (unpaired) electrons. The molecule has 1 aromatic carbocycles. The normalized spacial score (nSPS) is 14.7. The minimum absolute atomic E-state index is 0.0903. The number of nitrogens with zero attached hydrogens (tertiary/aromatic N) is 3. The minimum atomic E-state index is -0.312. The van der Waals surface area contributed by atoms with Crippen molar-refractivity contribution in [2.24, 2.45) is 0 Å². The zero-order valence-corrected chi connectivity index (χ0v) is 16.7. The van der Waals surface area contributed by atoms with E-state index in [2.05, 4.69) is 26.1 Å². The van der Waals surface area contributed by atoms with Crippen molar-refractivity contribution in [2.45, 2.75) is 36.2 Å². The molecule has 0 aliphatic heterocycles. The highest BCUT2D eigenvalue weighted by Gasteiger charge is 2.31. The van der Waals surface area contributed by atoms with Gasteiger partial charge in [-0.1, -0.05) is 30.0 Å². The fourth-order valence-electron chi connectivity index (χ4n) is 2.79. The van der Waals surface area contributed by atoms with E-state index in [1.165, 1.54) is 11.8 Å². The first-order chi connectivity index (χ1) is 13.2. The molecule has 2 aromatic heterocycles. The molecule has 27 heavy (non-hydrogen) atoms. The van der Waals surface area contributed by atoms with Crippen molar-refractivity contribution in [1.29, 1.82) is 0 Å². The Kier molecular flexibility index (Phi) is 5.18. The number of anilines is 1. The lowest BCUT2D eigenvalue weighted by Crippen LogP contribution is -2.23. The van der Waals surface area contributed by atoms with Crippen LogP contribution in [0.5, 0.6) is 5.75 Å². The van der Waals surface area contributed by atoms with Gasteiger partial charge in [0.25, 0.3) is 0 Å². The van der Waals surface area contributed by atoms with Crippen LogP contribution in [-0.2, 0) is 4.79 Å².